The van der Waals surface area contributed by atoms with Crippen molar-refractivity contribution in [1.29, 1.82) is 0 Å². The largest absolute Gasteiger partial charge is 0.487 e. The van der Waals surface area contributed by atoms with Crippen LogP contribution in [0.1, 0.15) is 33.3 Å². The summed E-state index contributed by atoms with van der Waals surface area (Å²) in [5, 5.41) is 0.832. The average molecular weight is 366 g/mol. The van der Waals surface area contributed by atoms with Gasteiger partial charge < -0.3 is 4.74 Å². The molecule has 3 rings (SSSR count). The van der Waals surface area contributed by atoms with E-state index in [0.29, 0.717) is 17.2 Å². The second-order valence-electron chi connectivity index (χ2n) is 6.14. The number of benzene rings is 2. The van der Waals surface area contributed by atoms with Crippen molar-refractivity contribution in [1.82, 2.24) is 0 Å². The van der Waals surface area contributed by atoms with Crippen molar-refractivity contribution in [3.63, 3.8) is 0 Å². The number of hydrazine groups is 1. The molecule has 0 bridgehead atoms. The molecule has 0 aliphatic carbocycles. The van der Waals surface area contributed by atoms with Crippen LogP contribution in [0.4, 0.5) is 10.7 Å². The van der Waals surface area contributed by atoms with Crippen LogP contribution < -0.4 is 15.6 Å². The fraction of sp³-hybridized carbons (Fsp3) is 0.190. The van der Waals surface area contributed by atoms with E-state index in [1.807, 2.05) is 55.5 Å². The summed E-state index contributed by atoms with van der Waals surface area (Å²) < 4.78 is 5.94. The van der Waals surface area contributed by atoms with Gasteiger partial charge in [-0.2, -0.15) is 0 Å². The minimum absolute atomic E-state index is 0.00118. The van der Waals surface area contributed by atoms with E-state index in [1.54, 1.807) is 6.92 Å². The summed E-state index contributed by atoms with van der Waals surface area (Å²) in [5.41, 5.74) is 10.8. The van der Waals surface area contributed by atoms with Crippen LogP contribution >= 0.6 is 11.3 Å². The van der Waals surface area contributed by atoms with E-state index in [2.05, 4.69) is 23.8 Å². The van der Waals surface area contributed by atoms with Crippen molar-refractivity contribution in [2.45, 2.75) is 27.4 Å². The topological polar surface area (TPSA) is 50.4 Å². The number of hydrogen-bond acceptors (Lipinski definition) is 5. The molecule has 3 aromatic rings. The lowest BCUT2D eigenvalue weighted by Gasteiger charge is -2.10. The zero-order valence-electron chi connectivity index (χ0n) is 15.1. The van der Waals surface area contributed by atoms with Crippen molar-refractivity contribution in [3.8, 4) is 5.75 Å². The summed E-state index contributed by atoms with van der Waals surface area (Å²) in [4.78, 5) is 12.6. The van der Waals surface area contributed by atoms with Gasteiger partial charge in [-0.05, 0) is 36.6 Å². The molecule has 134 valence electrons. The molecule has 2 aromatic carbocycles. The molecule has 0 spiro atoms. The number of ketones is 1. The molecule has 0 aliphatic heterocycles. The minimum atomic E-state index is -0.00118. The average Bonchev–Trinajstić information content (AvgIpc) is 3.04. The van der Waals surface area contributed by atoms with E-state index < -0.39 is 0 Å². The first-order valence-corrected chi connectivity index (χ1v) is 9.26. The van der Waals surface area contributed by atoms with Crippen LogP contribution in [0, 0.1) is 13.8 Å². The Labute approximate surface area is 157 Å². The molecule has 0 amide bonds. The van der Waals surface area contributed by atoms with Gasteiger partial charge in [0.1, 0.15) is 22.2 Å². The SMILES string of the molecule is CC(=O)c1sc(NNc2ccccc2C)cc1OCc1ccccc1C. The summed E-state index contributed by atoms with van der Waals surface area (Å²) in [6, 6.07) is 18.0. The molecule has 0 unspecified atom stereocenters. The molecule has 0 radical (unpaired) electrons. The van der Waals surface area contributed by atoms with Gasteiger partial charge in [-0.15, -0.1) is 11.3 Å². The van der Waals surface area contributed by atoms with Crippen molar-refractivity contribution in [2.24, 2.45) is 0 Å². The Balaban J connectivity index is 1.73. The fourth-order valence-corrected chi connectivity index (χ4v) is 3.41. The monoisotopic (exact) mass is 366 g/mol. The minimum Gasteiger partial charge on any atom is -0.487 e. The number of nitrogens with one attached hydrogen (secondary N) is 2. The van der Waals surface area contributed by atoms with E-state index >= 15 is 0 Å². The second kappa shape index (κ2) is 8.06. The fourth-order valence-electron chi connectivity index (χ4n) is 2.56. The summed E-state index contributed by atoms with van der Waals surface area (Å²) in [6.07, 6.45) is 0. The van der Waals surface area contributed by atoms with E-state index in [9.17, 15) is 4.79 Å². The highest BCUT2D eigenvalue weighted by molar-refractivity contribution is 7.18. The maximum Gasteiger partial charge on any atom is 0.173 e. The van der Waals surface area contributed by atoms with Gasteiger partial charge >= 0.3 is 0 Å². The maximum absolute atomic E-state index is 12.0. The third-order valence-corrected chi connectivity index (χ3v) is 5.26. The Hall–Kier alpha value is -2.79. The van der Waals surface area contributed by atoms with Crippen LogP contribution in [0.3, 0.4) is 0 Å². The van der Waals surface area contributed by atoms with Crippen LogP contribution in [0.15, 0.2) is 54.6 Å². The van der Waals surface area contributed by atoms with Gasteiger partial charge in [-0.3, -0.25) is 15.6 Å². The van der Waals surface area contributed by atoms with Crippen LogP contribution in [0.5, 0.6) is 5.75 Å². The number of carbonyl (C=O) groups excluding carboxylic acids is 1. The molecule has 26 heavy (non-hydrogen) atoms. The van der Waals surface area contributed by atoms with Gasteiger partial charge in [0, 0.05) is 13.0 Å². The first kappa shape index (κ1) is 18.0. The first-order chi connectivity index (χ1) is 12.5. The van der Waals surface area contributed by atoms with E-state index in [1.165, 1.54) is 16.9 Å². The smallest absolute Gasteiger partial charge is 0.173 e. The third kappa shape index (κ3) is 4.24. The number of para-hydroxylation sites is 1. The molecule has 1 aromatic heterocycles. The Morgan fingerprint density at radius 1 is 1.00 bits per heavy atom. The molecule has 4 nitrogen and oxygen atoms in total. The number of ether oxygens (including phenoxy) is 1. The van der Waals surface area contributed by atoms with Crippen LogP contribution in [0.25, 0.3) is 0 Å². The first-order valence-electron chi connectivity index (χ1n) is 8.44. The van der Waals surface area contributed by atoms with E-state index in [0.717, 1.165) is 21.8 Å². The number of Topliss-reactive ketones (excluding diaryl/α,β-unsaturated/α-hetero) is 1. The molecule has 0 saturated heterocycles. The van der Waals surface area contributed by atoms with Crippen LogP contribution in [-0.4, -0.2) is 5.78 Å². The Kier molecular flexibility index (Phi) is 5.58. The molecule has 0 aliphatic rings. The second-order valence-corrected chi connectivity index (χ2v) is 7.19. The third-order valence-electron chi connectivity index (χ3n) is 4.13. The molecule has 0 atom stereocenters. The zero-order valence-corrected chi connectivity index (χ0v) is 15.9. The van der Waals surface area contributed by atoms with Gasteiger partial charge in [0.25, 0.3) is 0 Å². The molecule has 5 heteroatoms. The molecule has 0 fully saturated rings. The molecule has 1 heterocycles. The summed E-state index contributed by atoms with van der Waals surface area (Å²) in [5.74, 6) is 0.610. The lowest BCUT2D eigenvalue weighted by molar-refractivity contribution is 0.101. The van der Waals surface area contributed by atoms with E-state index in [4.69, 9.17) is 4.74 Å². The number of aryl methyl sites for hydroxylation is 2. The lowest BCUT2D eigenvalue weighted by atomic mass is 10.1. The van der Waals surface area contributed by atoms with Gasteiger partial charge in [0.2, 0.25) is 0 Å². The number of anilines is 2. The number of carbonyl (C=O) groups is 1. The maximum atomic E-state index is 12.0. The van der Waals surface area contributed by atoms with Gasteiger partial charge in [-0.1, -0.05) is 42.5 Å². The van der Waals surface area contributed by atoms with Crippen LogP contribution in [-0.2, 0) is 6.61 Å². The summed E-state index contributed by atoms with van der Waals surface area (Å²) >= 11 is 1.38. The summed E-state index contributed by atoms with van der Waals surface area (Å²) in [7, 11) is 0. The van der Waals surface area contributed by atoms with Gasteiger partial charge in [0.05, 0.1) is 5.69 Å². The molecule has 0 saturated carbocycles. The van der Waals surface area contributed by atoms with Crippen molar-refractivity contribution < 1.29 is 9.53 Å². The van der Waals surface area contributed by atoms with E-state index in [-0.39, 0.29) is 5.78 Å². The Morgan fingerprint density at radius 2 is 1.69 bits per heavy atom. The highest BCUT2D eigenvalue weighted by Crippen LogP contribution is 2.34. The standard InChI is InChI=1S/C21H22N2O2S/c1-14-8-4-6-10-17(14)13-25-19-12-20(26-21(19)16(3)24)23-22-18-11-7-5-9-15(18)2/h4-12,22-23H,13H2,1-3H3. The highest BCUT2D eigenvalue weighted by Gasteiger charge is 2.15. The Bertz CT molecular complexity index is 918. The number of rotatable bonds is 7. The van der Waals surface area contributed by atoms with Gasteiger partial charge in [-0.25, -0.2) is 0 Å². The predicted octanol–water partition coefficient (Wildman–Crippen LogP) is 5.59. The number of hydrogen-bond donors (Lipinski definition) is 2. The Morgan fingerprint density at radius 3 is 2.38 bits per heavy atom. The van der Waals surface area contributed by atoms with Crippen LogP contribution in [0.2, 0.25) is 0 Å². The predicted molar refractivity (Wildman–Crippen MR) is 108 cm³/mol. The summed E-state index contributed by atoms with van der Waals surface area (Å²) in [6.45, 7) is 6.09. The normalized spacial score (nSPS) is 10.4. The van der Waals surface area contributed by atoms with Crippen molar-refractivity contribution in [3.05, 3.63) is 76.2 Å². The lowest BCUT2D eigenvalue weighted by Crippen LogP contribution is -2.08. The van der Waals surface area contributed by atoms with Gasteiger partial charge in [0.15, 0.2) is 5.78 Å². The number of thiophene rings is 1. The van der Waals surface area contributed by atoms with Crippen molar-refractivity contribution >= 4 is 27.8 Å². The molecular formula is C21H22N2O2S. The molecular weight excluding hydrogens is 344 g/mol. The van der Waals surface area contributed by atoms with Crippen molar-refractivity contribution in [2.75, 3.05) is 10.9 Å². The highest BCUT2D eigenvalue weighted by atomic mass is 32.1. The quantitative estimate of drug-likeness (QED) is 0.423. The molecule has 2 N–H and O–H groups in total. The zero-order chi connectivity index (χ0) is 18.5.